The number of fused-ring (bicyclic) bond motifs is 1. The van der Waals surface area contributed by atoms with Crippen LogP contribution in [0.1, 0.15) is 17.4 Å². The third-order valence-electron chi connectivity index (χ3n) is 4.16. The van der Waals surface area contributed by atoms with Gasteiger partial charge in [0.1, 0.15) is 12.4 Å². The molecule has 26 heavy (non-hydrogen) atoms. The van der Waals surface area contributed by atoms with E-state index in [1.807, 2.05) is 30.3 Å². The number of pyridine rings is 1. The molecule has 0 spiro atoms. The summed E-state index contributed by atoms with van der Waals surface area (Å²) in [6, 6.07) is 12.2. The van der Waals surface area contributed by atoms with Crippen LogP contribution >= 0.6 is 0 Å². The van der Waals surface area contributed by atoms with Crippen molar-refractivity contribution in [1.29, 1.82) is 0 Å². The summed E-state index contributed by atoms with van der Waals surface area (Å²) in [6.07, 6.45) is 0.911. The number of nitrogens with one attached hydrogen (secondary N) is 2. The Morgan fingerprint density at radius 3 is 2.88 bits per heavy atom. The number of benzene rings is 1. The van der Waals surface area contributed by atoms with Gasteiger partial charge in [-0.25, -0.2) is 9.50 Å². The molecule has 2 atom stereocenters. The van der Waals surface area contributed by atoms with E-state index in [-0.39, 0.29) is 18.4 Å². The summed E-state index contributed by atoms with van der Waals surface area (Å²) < 4.78 is 7.14. The number of aryl methyl sites for hydroxylation is 1. The SMILES string of the molecule is Cc1nc2c(NC(=O)[C@H]3OCC(=O)N[C@@H]3c3ccccc3)cccn2n1. The van der Waals surface area contributed by atoms with Gasteiger partial charge in [-0.1, -0.05) is 30.3 Å². The lowest BCUT2D eigenvalue weighted by molar-refractivity contribution is -0.145. The third kappa shape index (κ3) is 3.02. The largest absolute Gasteiger partial charge is 0.356 e. The number of carbonyl (C=O) groups excluding carboxylic acids is 2. The summed E-state index contributed by atoms with van der Waals surface area (Å²) in [5, 5.41) is 9.91. The second-order valence-electron chi connectivity index (χ2n) is 6.03. The number of anilines is 1. The molecule has 3 heterocycles. The van der Waals surface area contributed by atoms with Crippen LogP contribution in [0.25, 0.3) is 5.65 Å². The summed E-state index contributed by atoms with van der Waals surface area (Å²) in [4.78, 5) is 29.0. The fourth-order valence-corrected chi connectivity index (χ4v) is 3.01. The summed E-state index contributed by atoms with van der Waals surface area (Å²) in [5.74, 6) is 0.000679. The number of ether oxygens (including phenoxy) is 1. The van der Waals surface area contributed by atoms with Crippen LogP contribution in [0.5, 0.6) is 0 Å². The number of morpholine rings is 1. The molecule has 4 rings (SSSR count). The van der Waals surface area contributed by atoms with Crippen molar-refractivity contribution in [2.24, 2.45) is 0 Å². The number of hydrogen-bond acceptors (Lipinski definition) is 5. The molecule has 1 aromatic carbocycles. The zero-order chi connectivity index (χ0) is 18.1. The maximum Gasteiger partial charge on any atom is 0.256 e. The third-order valence-corrected chi connectivity index (χ3v) is 4.16. The number of rotatable bonds is 3. The predicted molar refractivity (Wildman–Crippen MR) is 93.4 cm³/mol. The first-order chi connectivity index (χ1) is 12.6. The van der Waals surface area contributed by atoms with Crippen molar-refractivity contribution in [3.63, 3.8) is 0 Å². The van der Waals surface area contributed by atoms with Crippen molar-refractivity contribution >= 4 is 23.1 Å². The molecule has 8 heteroatoms. The van der Waals surface area contributed by atoms with Gasteiger partial charge in [0.05, 0.1) is 11.7 Å². The number of hydrogen-bond donors (Lipinski definition) is 2. The van der Waals surface area contributed by atoms with Crippen molar-refractivity contribution in [3.05, 3.63) is 60.0 Å². The quantitative estimate of drug-likeness (QED) is 0.740. The molecular weight excluding hydrogens is 334 g/mol. The van der Waals surface area contributed by atoms with E-state index >= 15 is 0 Å². The number of amides is 2. The van der Waals surface area contributed by atoms with Gasteiger partial charge in [0.25, 0.3) is 5.91 Å². The average molecular weight is 351 g/mol. The smallest absolute Gasteiger partial charge is 0.256 e. The summed E-state index contributed by atoms with van der Waals surface area (Å²) in [5.41, 5.74) is 1.89. The molecule has 2 N–H and O–H groups in total. The van der Waals surface area contributed by atoms with Crippen LogP contribution in [0.2, 0.25) is 0 Å². The molecule has 0 unspecified atom stereocenters. The lowest BCUT2D eigenvalue weighted by atomic mass is 9.99. The Morgan fingerprint density at radius 2 is 2.08 bits per heavy atom. The van der Waals surface area contributed by atoms with Gasteiger partial charge in [-0.05, 0) is 24.6 Å². The van der Waals surface area contributed by atoms with Crippen molar-refractivity contribution < 1.29 is 14.3 Å². The summed E-state index contributed by atoms with van der Waals surface area (Å²) in [7, 11) is 0. The minimum atomic E-state index is -0.848. The second-order valence-corrected chi connectivity index (χ2v) is 6.03. The first kappa shape index (κ1) is 16.2. The van der Waals surface area contributed by atoms with Gasteiger partial charge in [-0.3, -0.25) is 9.59 Å². The maximum atomic E-state index is 12.9. The zero-order valence-corrected chi connectivity index (χ0v) is 14.0. The van der Waals surface area contributed by atoms with Crippen LogP contribution in [0.4, 0.5) is 5.69 Å². The van der Waals surface area contributed by atoms with Crippen molar-refractivity contribution in [1.82, 2.24) is 19.9 Å². The Balaban J connectivity index is 1.62. The van der Waals surface area contributed by atoms with Gasteiger partial charge >= 0.3 is 0 Å². The van der Waals surface area contributed by atoms with Crippen molar-refractivity contribution in [2.75, 3.05) is 11.9 Å². The molecule has 2 amide bonds. The van der Waals surface area contributed by atoms with Gasteiger partial charge in [-0.15, -0.1) is 0 Å². The van der Waals surface area contributed by atoms with Crippen LogP contribution in [0.15, 0.2) is 48.7 Å². The molecule has 0 bridgehead atoms. The minimum absolute atomic E-state index is 0.157. The number of aromatic nitrogens is 3. The first-order valence-electron chi connectivity index (χ1n) is 8.20. The van der Waals surface area contributed by atoms with E-state index in [9.17, 15) is 9.59 Å². The van der Waals surface area contributed by atoms with Gasteiger partial charge in [-0.2, -0.15) is 5.10 Å². The molecular formula is C18H17N5O3. The Morgan fingerprint density at radius 1 is 1.27 bits per heavy atom. The highest BCUT2D eigenvalue weighted by Crippen LogP contribution is 2.24. The Kier molecular flexibility index (Phi) is 4.10. The number of carbonyl (C=O) groups is 2. The lowest BCUT2D eigenvalue weighted by Gasteiger charge is -2.31. The average Bonchev–Trinajstić information content (AvgIpc) is 3.03. The van der Waals surface area contributed by atoms with E-state index in [4.69, 9.17) is 4.74 Å². The minimum Gasteiger partial charge on any atom is -0.356 e. The molecule has 0 radical (unpaired) electrons. The van der Waals surface area contributed by atoms with Gasteiger partial charge in [0.15, 0.2) is 11.8 Å². The van der Waals surface area contributed by atoms with Crippen LogP contribution in [-0.4, -0.2) is 39.1 Å². The maximum absolute atomic E-state index is 12.9. The Labute approximate surface area is 149 Å². The fourth-order valence-electron chi connectivity index (χ4n) is 3.01. The molecule has 1 fully saturated rings. The van der Waals surface area contributed by atoms with E-state index in [1.54, 1.807) is 29.8 Å². The molecule has 8 nitrogen and oxygen atoms in total. The van der Waals surface area contributed by atoms with E-state index in [0.717, 1.165) is 5.56 Å². The van der Waals surface area contributed by atoms with E-state index in [2.05, 4.69) is 20.7 Å². The molecule has 0 saturated carbocycles. The topological polar surface area (TPSA) is 97.6 Å². The van der Waals surface area contributed by atoms with Crippen molar-refractivity contribution in [3.8, 4) is 0 Å². The van der Waals surface area contributed by atoms with Crippen LogP contribution in [0, 0.1) is 6.92 Å². The standard InChI is InChI=1S/C18H17N5O3/c1-11-19-17-13(8-5-9-23(17)22-11)20-18(25)16-15(21-14(24)10-26-16)12-6-3-2-4-7-12/h2-9,15-16H,10H2,1H3,(H,20,25)(H,21,24)/t15-,16+/m1/s1. The Hall–Kier alpha value is -3.26. The second kappa shape index (κ2) is 6.57. The summed E-state index contributed by atoms with van der Waals surface area (Å²) in [6.45, 7) is 1.62. The van der Waals surface area contributed by atoms with E-state index in [1.165, 1.54) is 0 Å². The summed E-state index contributed by atoms with van der Waals surface area (Å²) >= 11 is 0. The first-order valence-corrected chi connectivity index (χ1v) is 8.20. The van der Waals surface area contributed by atoms with Crippen LogP contribution in [0.3, 0.4) is 0 Å². The molecule has 3 aromatic rings. The van der Waals surface area contributed by atoms with E-state index in [0.29, 0.717) is 17.2 Å². The fraction of sp³-hybridized carbons (Fsp3) is 0.222. The molecule has 1 aliphatic heterocycles. The highest BCUT2D eigenvalue weighted by Gasteiger charge is 2.36. The van der Waals surface area contributed by atoms with Gasteiger partial charge < -0.3 is 15.4 Å². The molecule has 0 aliphatic carbocycles. The molecule has 1 saturated heterocycles. The van der Waals surface area contributed by atoms with Crippen molar-refractivity contribution in [2.45, 2.75) is 19.1 Å². The molecule has 1 aliphatic rings. The van der Waals surface area contributed by atoms with Gasteiger partial charge in [0.2, 0.25) is 5.91 Å². The highest BCUT2D eigenvalue weighted by molar-refractivity contribution is 5.98. The number of nitrogens with zero attached hydrogens (tertiary/aromatic N) is 3. The monoisotopic (exact) mass is 351 g/mol. The molecule has 132 valence electrons. The predicted octanol–water partition coefficient (Wildman–Crippen LogP) is 1.23. The highest BCUT2D eigenvalue weighted by atomic mass is 16.5. The Bertz CT molecular complexity index is 969. The molecule has 2 aromatic heterocycles. The van der Waals surface area contributed by atoms with Gasteiger partial charge in [0, 0.05) is 6.20 Å². The van der Waals surface area contributed by atoms with Crippen LogP contribution < -0.4 is 10.6 Å². The lowest BCUT2D eigenvalue weighted by Crippen LogP contribution is -2.50. The normalized spacial score (nSPS) is 20.0. The zero-order valence-electron chi connectivity index (χ0n) is 14.0. The van der Waals surface area contributed by atoms with Crippen LogP contribution in [-0.2, 0) is 14.3 Å². The van der Waals surface area contributed by atoms with E-state index < -0.39 is 12.1 Å².